The Hall–Kier alpha value is -2.93. The van der Waals surface area contributed by atoms with E-state index in [4.69, 9.17) is 0 Å². The number of nitrogens with one attached hydrogen (secondary N) is 1. The molecule has 1 amide bonds. The van der Waals surface area contributed by atoms with Crippen LogP contribution in [0, 0.1) is 6.92 Å². The van der Waals surface area contributed by atoms with E-state index in [2.05, 4.69) is 15.5 Å². The highest BCUT2D eigenvalue weighted by molar-refractivity contribution is 7.99. The van der Waals surface area contributed by atoms with Gasteiger partial charge in [-0.25, -0.2) is 0 Å². The van der Waals surface area contributed by atoms with Gasteiger partial charge >= 0.3 is 0 Å². The second-order valence-electron chi connectivity index (χ2n) is 6.02. The molecule has 0 unspecified atom stereocenters. The lowest BCUT2D eigenvalue weighted by Gasteiger charge is -2.08. The van der Waals surface area contributed by atoms with Crippen molar-refractivity contribution in [1.29, 1.82) is 0 Å². The molecule has 0 bridgehead atoms. The van der Waals surface area contributed by atoms with E-state index in [0.29, 0.717) is 17.4 Å². The highest BCUT2D eigenvalue weighted by Gasteiger charge is 2.14. The van der Waals surface area contributed by atoms with E-state index in [-0.39, 0.29) is 23.9 Å². The number of aryl methyl sites for hydroxylation is 1. The van der Waals surface area contributed by atoms with Gasteiger partial charge in [0.2, 0.25) is 5.91 Å². The van der Waals surface area contributed by atoms with Gasteiger partial charge < -0.3 is 9.88 Å². The molecule has 0 saturated carbocycles. The van der Waals surface area contributed by atoms with Gasteiger partial charge in [-0.15, -0.1) is 10.2 Å². The predicted molar refractivity (Wildman–Crippen MR) is 106 cm³/mol. The molecule has 3 aromatic rings. The monoisotopic (exact) mass is 380 g/mol. The number of nitrogens with zero attached hydrogens (tertiary/aromatic N) is 3. The van der Waals surface area contributed by atoms with Crippen LogP contribution in [-0.4, -0.2) is 32.2 Å². The Bertz CT molecular complexity index is 910. The van der Waals surface area contributed by atoms with Crippen molar-refractivity contribution in [2.45, 2.75) is 25.0 Å². The van der Waals surface area contributed by atoms with Crippen molar-refractivity contribution in [2.24, 2.45) is 0 Å². The molecular weight excluding hydrogens is 360 g/mol. The summed E-state index contributed by atoms with van der Waals surface area (Å²) in [6.07, 6.45) is -0.159. The Morgan fingerprint density at radius 2 is 1.67 bits per heavy atom. The van der Waals surface area contributed by atoms with Crippen LogP contribution in [0.1, 0.15) is 17.8 Å². The number of ketones is 1. The lowest BCUT2D eigenvalue weighted by atomic mass is 10.2. The van der Waals surface area contributed by atoms with E-state index < -0.39 is 0 Å². The molecule has 0 radical (unpaired) electrons. The quantitative estimate of drug-likeness (QED) is 0.479. The third kappa shape index (κ3) is 5.52. The Labute approximate surface area is 162 Å². The zero-order chi connectivity index (χ0) is 19.1. The van der Waals surface area contributed by atoms with Gasteiger partial charge in [0, 0.05) is 5.69 Å². The van der Waals surface area contributed by atoms with Crippen molar-refractivity contribution in [1.82, 2.24) is 14.8 Å². The first-order valence-electron chi connectivity index (χ1n) is 8.55. The minimum atomic E-state index is -0.311. The molecule has 1 heterocycles. The normalized spacial score (nSPS) is 10.6. The fourth-order valence-electron chi connectivity index (χ4n) is 2.52. The van der Waals surface area contributed by atoms with Gasteiger partial charge in [-0.05, 0) is 24.6 Å². The molecule has 7 heteroatoms. The highest BCUT2D eigenvalue weighted by atomic mass is 32.2. The van der Waals surface area contributed by atoms with Crippen molar-refractivity contribution in [2.75, 3.05) is 11.1 Å². The largest absolute Gasteiger partial charge is 0.326 e. The first kappa shape index (κ1) is 18.8. The van der Waals surface area contributed by atoms with E-state index >= 15 is 0 Å². The summed E-state index contributed by atoms with van der Waals surface area (Å²) in [7, 11) is 0. The molecule has 6 nitrogen and oxygen atoms in total. The summed E-state index contributed by atoms with van der Waals surface area (Å²) < 4.78 is 1.97. The summed E-state index contributed by atoms with van der Waals surface area (Å²) in [5, 5.41) is 11.7. The average Bonchev–Trinajstić information content (AvgIpc) is 3.01. The molecular formula is C20H20N4O2S. The molecule has 0 saturated heterocycles. The molecule has 138 valence electrons. The van der Waals surface area contributed by atoms with E-state index in [9.17, 15) is 9.59 Å². The molecule has 0 aliphatic heterocycles. The van der Waals surface area contributed by atoms with Crippen LogP contribution >= 0.6 is 11.8 Å². The number of hydrogen-bond donors (Lipinski definition) is 1. The van der Waals surface area contributed by atoms with Crippen molar-refractivity contribution >= 4 is 29.1 Å². The van der Waals surface area contributed by atoms with Gasteiger partial charge in [-0.2, -0.15) is 0 Å². The SMILES string of the molecule is Cc1nnc(SCC(=O)CC(=O)Nc2ccccc2)n1Cc1ccccc1. The van der Waals surface area contributed by atoms with Crippen LogP contribution in [0.5, 0.6) is 0 Å². The smallest absolute Gasteiger partial charge is 0.231 e. The molecule has 0 spiro atoms. The minimum absolute atomic E-state index is 0.152. The van der Waals surface area contributed by atoms with Crippen molar-refractivity contribution in [3.63, 3.8) is 0 Å². The maximum Gasteiger partial charge on any atom is 0.231 e. The second-order valence-corrected chi connectivity index (χ2v) is 6.96. The molecule has 1 aromatic heterocycles. The number of carbonyl (C=O) groups is 2. The first-order chi connectivity index (χ1) is 13.1. The Balaban J connectivity index is 1.54. The molecule has 27 heavy (non-hydrogen) atoms. The van der Waals surface area contributed by atoms with Crippen LogP contribution < -0.4 is 5.32 Å². The lowest BCUT2D eigenvalue weighted by Crippen LogP contribution is -2.17. The Kier molecular flexibility index (Phi) is 6.38. The summed E-state index contributed by atoms with van der Waals surface area (Å²) in [6.45, 7) is 2.53. The topological polar surface area (TPSA) is 76.9 Å². The second kappa shape index (κ2) is 9.14. The third-order valence-corrected chi connectivity index (χ3v) is 4.89. The molecule has 0 atom stereocenters. The Morgan fingerprint density at radius 1 is 1.00 bits per heavy atom. The predicted octanol–water partition coefficient (Wildman–Crippen LogP) is 3.32. The maximum absolute atomic E-state index is 12.2. The fraction of sp³-hybridized carbons (Fsp3) is 0.200. The van der Waals surface area contributed by atoms with Crippen LogP contribution in [-0.2, 0) is 16.1 Å². The molecule has 0 aliphatic carbocycles. The number of Topliss-reactive ketones (excluding diaryl/α,β-unsaturated/α-hetero) is 1. The van der Waals surface area contributed by atoms with Crippen molar-refractivity contribution < 1.29 is 9.59 Å². The number of rotatable bonds is 8. The number of anilines is 1. The van der Waals surface area contributed by atoms with Crippen LogP contribution in [0.15, 0.2) is 65.8 Å². The number of para-hydroxylation sites is 1. The van der Waals surface area contributed by atoms with Gasteiger partial charge in [0.05, 0.1) is 18.7 Å². The summed E-state index contributed by atoms with van der Waals surface area (Å²) in [6, 6.07) is 19.1. The highest BCUT2D eigenvalue weighted by Crippen LogP contribution is 2.19. The van der Waals surface area contributed by atoms with E-state index in [0.717, 1.165) is 11.4 Å². The van der Waals surface area contributed by atoms with Gasteiger partial charge in [-0.3, -0.25) is 9.59 Å². The number of carbonyl (C=O) groups excluding carboxylic acids is 2. The number of hydrogen-bond acceptors (Lipinski definition) is 5. The fourth-order valence-corrected chi connectivity index (χ4v) is 3.36. The number of aromatic nitrogens is 3. The summed E-state index contributed by atoms with van der Waals surface area (Å²) in [5.41, 5.74) is 1.82. The van der Waals surface area contributed by atoms with E-state index in [1.807, 2.05) is 60.0 Å². The first-order valence-corrected chi connectivity index (χ1v) is 9.53. The number of amides is 1. The summed E-state index contributed by atoms with van der Waals surface area (Å²) in [5.74, 6) is 0.500. The molecule has 3 rings (SSSR count). The van der Waals surface area contributed by atoms with Gasteiger partial charge in [0.15, 0.2) is 10.9 Å². The maximum atomic E-state index is 12.2. The van der Waals surface area contributed by atoms with Crippen LogP contribution in [0.2, 0.25) is 0 Å². The van der Waals surface area contributed by atoms with Crippen LogP contribution in [0.25, 0.3) is 0 Å². The number of benzene rings is 2. The zero-order valence-corrected chi connectivity index (χ0v) is 15.8. The van der Waals surface area contributed by atoms with Crippen LogP contribution in [0.4, 0.5) is 5.69 Å². The molecule has 1 N–H and O–H groups in total. The average molecular weight is 380 g/mol. The standard InChI is InChI=1S/C20H20N4O2S/c1-15-22-23-20(24(15)13-16-8-4-2-5-9-16)27-14-18(25)12-19(26)21-17-10-6-3-7-11-17/h2-11H,12-14H2,1H3,(H,21,26). The number of thioether (sulfide) groups is 1. The van der Waals surface area contributed by atoms with E-state index in [1.54, 1.807) is 12.1 Å². The summed E-state index contributed by atoms with van der Waals surface area (Å²) in [4.78, 5) is 24.1. The lowest BCUT2D eigenvalue weighted by molar-refractivity contribution is -0.123. The minimum Gasteiger partial charge on any atom is -0.326 e. The van der Waals surface area contributed by atoms with Gasteiger partial charge in [0.1, 0.15) is 5.82 Å². The van der Waals surface area contributed by atoms with Crippen molar-refractivity contribution in [3.05, 3.63) is 72.1 Å². The van der Waals surface area contributed by atoms with Crippen LogP contribution in [0.3, 0.4) is 0 Å². The molecule has 0 fully saturated rings. The third-order valence-electron chi connectivity index (χ3n) is 3.86. The van der Waals surface area contributed by atoms with Gasteiger partial charge in [-0.1, -0.05) is 60.3 Å². The molecule has 2 aromatic carbocycles. The zero-order valence-electron chi connectivity index (χ0n) is 15.0. The Morgan fingerprint density at radius 3 is 2.37 bits per heavy atom. The van der Waals surface area contributed by atoms with Crippen molar-refractivity contribution in [3.8, 4) is 0 Å². The van der Waals surface area contributed by atoms with E-state index in [1.165, 1.54) is 11.8 Å². The summed E-state index contributed by atoms with van der Waals surface area (Å²) >= 11 is 1.30. The molecule has 0 aliphatic rings. The van der Waals surface area contributed by atoms with Gasteiger partial charge in [0.25, 0.3) is 0 Å².